The fourth-order valence-electron chi connectivity index (χ4n) is 2.60. The van der Waals surface area contributed by atoms with Gasteiger partial charge < -0.3 is 19.7 Å². The fraction of sp³-hybridized carbons (Fsp3) is 0.278. The second kappa shape index (κ2) is 7.53. The average molecular weight is 338 g/mol. The van der Waals surface area contributed by atoms with Crippen LogP contribution >= 0.6 is 0 Å². The summed E-state index contributed by atoms with van der Waals surface area (Å²) in [4.78, 5) is 18.1. The number of hydrogen-bond acceptors (Lipinski definition) is 5. The predicted molar refractivity (Wildman–Crippen MR) is 91.6 cm³/mol. The summed E-state index contributed by atoms with van der Waals surface area (Å²) >= 11 is 0. The summed E-state index contributed by atoms with van der Waals surface area (Å²) in [5.74, 6) is 1.14. The molecule has 1 fully saturated rings. The molecule has 1 unspecified atom stereocenters. The minimum absolute atomic E-state index is 0.136. The quantitative estimate of drug-likeness (QED) is 0.926. The largest absolute Gasteiger partial charge is 0.497 e. The third-order valence-corrected chi connectivity index (χ3v) is 3.92. The first-order valence-corrected chi connectivity index (χ1v) is 7.91. The van der Waals surface area contributed by atoms with Crippen molar-refractivity contribution in [2.45, 2.75) is 12.5 Å². The summed E-state index contributed by atoms with van der Waals surface area (Å²) < 4.78 is 10.9. The zero-order valence-electron chi connectivity index (χ0n) is 13.8. The van der Waals surface area contributed by atoms with E-state index < -0.39 is 0 Å². The molecule has 1 saturated heterocycles. The lowest BCUT2D eigenvalue weighted by Crippen LogP contribution is -2.34. The monoisotopic (exact) mass is 338 g/mol. The number of anilines is 1. The van der Waals surface area contributed by atoms with Crippen LogP contribution in [0.1, 0.15) is 12.0 Å². The summed E-state index contributed by atoms with van der Waals surface area (Å²) in [7, 11) is 1.60. The van der Waals surface area contributed by atoms with Gasteiger partial charge in [-0.25, -0.2) is 9.78 Å². The van der Waals surface area contributed by atoms with E-state index in [0.717, 1.165) is 5.75 Å². The fourth-order valence-corrected chi connectivity index (χ4v) is 2.60. The van der Waals surface area contributed by atoms with Crippen molar-refractivity contribution in [3.05, 3.63) is 48.2 Å². The highest BCUT2D eigenvalue weighted by Gasteiger charge is 2.28. The second-order valence-electron chi connectivity index (χ2n) is 5.63. The molecular formula is C18H18N4O3. The first kappa shape index (κ1) is 16.6. The molecule has 0 bridgehead atoms. The van der Waals surface area contributed by atoms with Gasteiger partial charge in [0.25, 0.3) is 0 Å². The molecule has 7 nitrogen and oxygen atoms in total. The first-order valence-electron chi connectivity index (χ1n) is 7.91. The number of methoxy groups -OCH3 is 1. The van der Waals surface area contributed by atoms with Gasteiger partial charge in [0.05, 0.1) is 25.3 Å². The molecule has 128 valence electrons. The molecule has 0 spiro atoms. The van der Waals surface area contributed by atoms with Crippen LogP contribution in [0.4, 0.5) is 10.5 Å². The van der Waals surface area contributed by atoms with E-state index in [1.807, 2.05) is 0 Å². The Morgan fingerprint density at radius 1 is 1.36 bits per heavy atom. The number of ether oxygens (including phenoxy) is 2. The molecule has 0 radical (unpaired) electrons. The van der Waals surface area contributed by atoms with Crippen molar-refractivity contribution in [3.63, 3.8) is 0 Å². The van der Waals surface area contributed by atoms with Crippen LogP contribution in [0.3, 0.4) is 0 Å². The zero-order valence-corrected chi connectivity index (χ0v) is 13.8. The molecule has 0 aliphatic carbocycles. The van der Waals surface area contributed by atoms with E-state index in [1.165, 1.54) is 6.20 Å². The van der Waals surface area contributed by atoms with Crippen LogP contribution in [0.5, 0.6) is 11.6 Å². The Hall–Kier alpha value is -3.27. The van der Waals surface area contributed by atoms with Crippen molar-refractivity contribution in [2.75, 3.05) is 25.5 Å². The van der Waals surface area contributed by atoms with Gasteiger partial charge in [0.2, 0.25) is 5.88 Å². The van der Waals surface area contributed by atoms with Gasteiger partial charge >= 0.3 is 6.03 Å². The summed E-state index contributed by atoms with van der Waals surface area (Å²) in [5, 5.41) is 11.8. The van der Waals surface area contributed by atoms with E-state index >= 15 is 0 Å². The molecule has 1 aromatic carbocycles. The number of amides is 2. The highest BCUT2D eigenvalue weighted by molar-refractivity contribution is 5.89. The van der Waals surface area contributed by atoms with E-state index in [-0.39, 0.29) is 12.1 Å². The first-order chi connectivity index (χ1) is 12.2. The van der Waals surface area contributed by atoms with Gasteiger partial charge in [-0.2, -0.15) is 5.26 Å². The topological polar surface area (TPSA) is 87.5 Å². The highest BCUT2D eigenvalue weighted by Crippen LogP contribution is 2.19. The lowest BCUT2D eigenvalue weighted by atomic mass is 10.3. The third-order valence-electron chi connectivity index (χ3n) is 3.92. The number of nitrogens with zero attached hydrogens (tertiary/aromatic N) is 3. The summed E-state index contributed by atoms with van der Waals surface area (Å²) in [6, 6.07) is 12.3. The number of hydrogen-bond donors (Lipinski definition) is 1. The smallest absolute Gasteiger partial charge is 0.321 e. The number of carbonyl (C=O) groups excluding carboxylic acids is 1. The van der Waals surface area contributed by atoms with Crippen LogP contribution in [-0.4, -0.2) is 42.2 Å². The molecule has 7 heteroatoms. The van der Waals surface area contributed by atoms with Crippen LogP contribution in [-0.2, 0) is 0 Å². The molecule has 1 N–H and O–H groups in total. The molecule has 3 rings (SSSR count). The van der Waals surface area contributed by atoms with E-state index in [4.69, 9.17) is 14.7 Å². The zero-order chi connectivity index (χ0) is 17.6. The molecular weight excluding hydrogens is 320 g/mol. The van der Waals surface area contributed by atoms with Gasteiger partial charge in [-0.3, -0.25) is 0 Å². The highest BCUT2D eigenvalue weighted by atomic mass is 16.5. The van der Waals surface area contributed by atoms with Crippen molar-refractivity contribution in [3.8, 4) is 17.7 Å². The lowest BCUT2D eigenvalue weighted by Gasteiger charge is -2.18. The Morgan fingerprint density at radius 3 is 2.88 bits per heavy atom. The van der Waals surface area contributed by atoms with E-state index in [1.54, 1.807) is 48.4 Å². The number of carbonyl (C=O) groups is 1. The molecule has 1 aliphatic rings. The summed E-state index contributed by atoms with van der Waals surface area (Å²) in [6.07, 6.45) is 2.12. The van der Waals surface area contributed by atoms with Gasteiger partial charge in [-0.05, 0) is 30.3 Å². The number of urea groups is 1. The molecule has 0 saturated carbocycles. The van der Waals surface area contributed by atoms with E-state index in [0.29, 0.717) is 36.6 Å². The minimum Gasteiger partial charge on any atom is -0.497 e. The van der Waals surface area contributed by atoms with Gasteiger partial charge in [0, 0.05) is 30.9 Å². The number of nitrogens with one attached hydrogen (secondary N) is 1. The van der Waals surface area contributed by atoms with Crippen molar-refractivity contribution in [2.24, 2.45) is 0 Å². The van der Waals surface area contributed by atoms with Crippen molar-refractivity contribution < 1.29 is 14.3 Å². The molecule has 2 aromatic rings. The SMILES string of the molecule is COc1ccc(NC(=O)N2CCC(Oc3cc(C#N)ccn3)C2)cc1. The minimum atomic E-state index is -0.171. The summed E-state index contributed by atoms with van der Waals surface area (Å²) in [6.45, 7) is 1.07. The van der Waals surface area contributed by atoms with E-state index in [9.17, 15) is 4.79 Å². The lowest BCUT2D eigenvalue weighted by molar-refractivity contribution is 0.190. The Morgan fingerprint density at radius 2 is 2.16 bits per heavy atom. The van der Waals surface area contributed by atoms with Gasteiger partial charge in [-0.1, -0.05) is 0 Å². The molecule has 25 heavy (non-hydrogen) atoms. The molecule has 2 heterocycles. The van der Waals surface area contributed by atoms with Gasteiger partial charge in [0.1, 0.15) is 11.9 Å². The van der Waals surface area contributed by atoms with Crippen molar-refractivity contribution in [1.82, 2.24) is 9.88 Å². The second-order valence-corrected chi connectivity index (χ2v) is 5.63. The number of nitriles is 1. The van der Waals surface area contributed by atoms with Crippen LogP contribution in [0.25, 0.3) is 0 Å². The number of likely N-dealkylation sites (tertiary alicyclic amines) is 1. The van der Waals surface area contributed by atoms with Crippen molar-refractivity contribution >= 4 is 11.7 Å². The van der Waals surface area contributed by atoms with Crippen LogP contribution in [0, 0.1) is 11.3 Å². The predicted octanol–water partition coefficient (Wildman–Crippen LogP) is 2.65. The normalized spacial score (nSPS) is 16.2. The summed E-state index contributed by atoms with van der Waals surface area (Å²) in [5.41, 5.74) is 1.20. The Bertz CT molecular complexity index is 786. The maximum absolute atomic E-state index is 12.3. The van der Waals surface area contributed by atoms with Gasteiger partial charge in [0.15, 0.2) is 0 Å². The van der Waals surface area contributed by atoms with Crippen LogP contribution in [0.2, 0.25) is 0 Å². The standard InChI is InChI=1S/C18H18N4O3/c1-24-15-4-2-14(3-5-15)21-18(23)22-9-7-16(12-22)25-17-10-13(11-19)6-8-20-17/h2-6,8,10,16H,7,9,12H2,1H3,(H,21,23). The number of benzene rings is 1. The third kappa shape index (κ3) is 4.18. The molecule has 1 atom stereocenters. The molecule has 1 aliphatic heterocycles. The Labute approximate surface area is 145 Å². The van der Waals surface area contributed by atoms with Crippen LogP contribution in [0.15, 0.2) is 42.6 Å². The van der Waals surface area contributed by atoms with Crippen molar-refractivity contribution in [1.29, 1.82) is 5.26 Å². The maximum atomic E-state index is 12.3. The Balaban J connectivity index is 1.54. The Kier molecular flexibility index (Phi) is 5.00. The van der Waals surface area contributed by atoms with Gasteiger partial charge in [-0.15, -0.1) is 0 Å². The number of pyridine rings is 1. The van der Waals surface area contributed by atoms with Crippen LogP contribution < -0.4 is 14.8 Å². The number of aromatic nitrogens is 1. The maximum Gasteiger partial charge on any atom is 0.321 e. The molecule has 2 amide bonds. The van der Waals surface area contributed by atoms with E-state index in [2.05, 4.69) is 16.4 Å². The molecule has 1 aromatic heterocycles. The average Bonchev–Trinajstić information content (AvgIpc) is 3.11. The number of rotatable bonds is 4.